The van der Waals surface area contributed by atoms with Crippen LogP contribution in [0, 0.1) is 0 Å². The van der Waals surface area contributed by atoms with Crippen molar-refractivity contribution in [2.75, 3.05) is 0 Å². The van der Waals surface area contributed by atoms with Crippen LogP contribution >= 0.6 is 0 Å². The monoisotopic (exact) mass is 824 g/mol. The molecule has 13 rings (SSSR count). The zero-order valence-corrected chi connectivity index (χ0v) is 35.5. The van der Waals surface area contributed by atoms with Gasteiger partial charge in [0.15, 0.2) is 0 Å². The third kappa shape index (κ3) is 6.32. The fraction of sp³-hybridized carbons (Fsp3) is 0. The van der Waals surface area contributed by atoms with Crippen LogP contribution in [-0.2, 0) is 0 Å². The Balaban J connectivity index is 0.939. The first-order chi connectivity index (χ1) is 32.2. The Morgan fingerprint density at radius 1 is 0.200 bits per heavy atom. The zero-order chi connectivity index (χ0) is 42.8. The summed E-state index contributed by atoms with van der Waals surface area (Å²) in [7, 11) is 0. The molecular formula is C64H40O. The highest BCUT2D eigenvalue weighted by Crippen LogP contribution is 2.43. The van der Waals surface area contributed by atoms with Crippen LogP contribution in [0.15, 0.2) is 247 Å². The molecule has 0 saturated heterocycles. The maximum Gasteiger partial charge on any atom is 0.143 e. The van der Waals surface area contributed by atoms with Gasteiger partial charge in [0.1, 0.15) is 11.2 Å². The maximum absolute atomic E-state index is 6.88. The average molecular weight is 825 g/mol. The molecule has 0 atom stereocenters. The lowest BCUT2D eigenvalue weighted by atomic mass is 9.91. The Bertz CT molecular complexity index is 3950. The van der Waals surface area contributed by atoms with Crippen molar-refractivity contribution in [3.8, 4) is 66.8 Å². The summed E-state index contributed by atoms with van der Waals surface area (Å²) in [6, 6.07) is 88.5. The number of hydrogen-bond acceptors (Lipinski definition) is 1. The van der Waals surface area contributed by atoms with E-state index < -0.39 is 0 Å². The van der Waals surface area contributed by atoms with E-state index in [0.29, 0.717) is 0 Å². The maximum atomic E-state index is 6.88. The van der Waals surface area contributed by atoms with Gasteiger partial charge in [-0.2, -0.15) is 0 Å². The Morgan fingerprint density at radius 3 is 1.25 bits per heavy atom. The van der Waals surface area contributed by atoms with Crippen LogP contribution in [0.5, 0.6) is 0 Å². The third-order valence-electron chi connectivity index (χ3n) is 13.5. The quantitative estimate of drug-likeness (QED) is 0.152. The molecule has 0 N–H and O–H groups in total. The highest BCUT2D eigenvalue weighted by Gasteiger charge is 2.18. The van der Waals surface area contributed by atoms with E-state index in [9.17, 15) is 0 Å². The average Bonchev–Trinajstić information content (AvgIpc) is 3.76. The lowest BCUT2D eigenvalue weighted by molar-refractivity contribution is 0.670. The molecule has 0 spiro atoms. The van der Waals surface area contributed by atoms with Gasteiger partial charge >= 0.3 is 0 Å². The molecule has 0 saturated carbocycles. The van der Waals surface area contributed by atoms with Gasteiger partial charge in [-0.05, 0) is 135 Å². The Labute approximate surface area is 377 Å². The first-order valence-electron chi connectivity index (χ1n) is 22.4. The van der Waals surface area contributed by atoms with Gasteiger partial charge in [-0.1, -0.05) is 212 Å². The lowest BCUT2D eigenvalue weighted by Crippen LogP contribution is -1.87. The second kappa shape index (κ2) is 15.1. The molecule has 1 nitrogen and oxygen atoms in total. The van der Waals surface area contributed by atoms with Crippen molar-refractivity contribution in [3.05, 3.63) is 243 Å². The first kappa shape index (κ1) is 37.1. The number of fused-ring (bicyclic) bond motifs is 8. The smallest absolute Gasteiger partial charge is 0.143 e. The van der Waals surface area contributed by atoms with E-state index in [0.717, 1.165) is 49.8 Å². The van der Waals surface area contributed by atoms with Gasteiger partial charge in [-0.25, -0.2) is 0 Å². The number of rotatable bonds is 6. The van der Waals surface area contributed by atoms with Crippen molar-refractivity contribution in [1.29, 1.82) is 0 Å². The molecule has 0 radical (unpaired) electrons. The molecule has 0 bridgehead atoms. The third-order valence-corrected chi connectivity index (χ3v) is 13.5. The van der Waals surface area contributed by atoms with Crippen molar-refractivity contribution in [2.24, 2.45) is 0 Å². The summed E-state index contributed by atoms with van der Waals surface area (Å²) in [4.78, 5) is 0. The minimum absolute atomic E-state index is 0.875. The zero-order valence-electron chi connectivity index (χ0n) is 35.5. The van der Waals surface area contributed by atoms with Crippen molar-refractivity contribution in [2.45, 2.75) is 0 Å². The van der Waals surface area contributed by atoms with Crippen LogP contribution < -0.4 is 0 Å². The number of hydrogen-bond donors (Lipinski definition) is 0. The summed E-state index contributed by atoms with van der Waals surface area (Å²) in [6.45, 7) is 0. The molecule has 0 amide bonds. The fourth-order valence-corrected chi connectivity index (χ4v) is 10.2. The topological polar surface area (TPSA) is 13.1 Å². The van der Waals surface area contributed by atoms with Crippen LogP contribution in [0.25, 0.3) is 132 Å². The summed E-state index contributed by atoms with van der Waals surface area (Å²) >= 11 is 0. The highest BCUT2D eigenvalue weighted by molar-refractivity contribution is 6.15. The van der Waals surface area contributed by atoms with Gasteiger partial charge in [0.25, 0.3) is 0 Å². The van der Waals surface area contributed by atoms with Gasteiger partial charge in [-0.15, -0.1) is 0 Å². The summed E-state index contributed by atoms with van der Waals surface area (Å²) in [6.07, 6.45) is 0. The molecule has 1 heteroatoms. The molecule has 0 aliphatic rings. The van der Waals surface area contributed by atoms with E-state index >= 15 is 0 Å². The van der Waals surface area contributed by atoms with Crippen LogP contribution in [-0.4, -0.2) is 0 Å². The summed E-state index contributed by atoms with van der Waals surface area (Å²) < 4.78 is 6.88. The molecule has 65 heavy (non-hydrogen) atoms. The second-order valence-electron chi connectivity index (χ2n) is 17.2. The van der Waals surface area contributed by atoms with E-state index in [4.69, 9.17) is 4.42 Å². The van der Waals surface area contributed by atoms with E-state index in [-0.39, 0.29) is 0 Å². The highest BCUT2D eigenvalue weighted by atomic mass is 16.3. The SMILES string of the molecule is c1ccc2c(-c3ccc(-c4ccc5oc6c(-c7ccc(-c8cc9ccccc9c9ccccc89)cc7)cc(-c7ccc(-c8cccc9ccccc89)cc7)cc6c5c4)cc3)cccc2c1. The molecule has 0 aliphatic carbocycles. The van der Waals surface area contributed by atoms with Gasteiger partial charge < -0.3 is 4.42 Å². The van der Waals surface area contributed by atoms with E-state index in [1.807, 2.05) is 0 Å². The molecular weight excluding hydrogens is 785 g/mol. The number of furan rings is 1. The first-order valence-corrected chi connectivity index (χ1v) is 22.4. The van der Waals surface area contributed by atoms with Crippen molar-refractivity contribution in [1.82, 2.24) is 0 Å². The van der Waals surface area contributed by atoms with Crippen molar-refractivity contribution < 1.29 is 4.42 Å². The van der Waals surface area contributed by atoms with Gasteiger partial charge in [0.2, 0.25) is 0 Å². The Kier molecular flexibility index (Phi) is 8.60. The van der Waals surface area contributed by atoms with Crippen LogP contribution in [0.3, 0.4) is 0 Å². The summed E-state index contributed by atoms with van der Waals surface area (Å²) in [5.41, 5.74) is 15.9. The molecule has 302 valence electrons. The Hall–Kier alpha value is -8.52. The molecule has 1 heterocycles. The van der Waals surface area contributed by atoms with Crippen LogP contribution in [0.2, 0.25) is 0 Å². The fourth-order valence-electron chi connectivity index (χ4n) is 10.2. The summed E-state index contributed by atoms with van der Waals surface area (Å²) in [5.74, 6) is 0. The van der Waals surface area contributed by atoms with E-state index in [1.54, 1.807) is 0 Å². The molecule has 0 fully saturated rings. The van der Waals surface area contributed by atoms with E-state index in [1.165, 1.54) is 82.0 Å². The molecule has 13 aromatic rings. The minimum Gasteiger partial charge on any atom is -0.455 e. The minimum atomic E-state index is 0.875. The molecule has 0 aliphatic heterocycles. The molecule has 0 unspecified atom stereocenters. The standard InChI is InChI=1S/C64H40O/c1-4-16-52-43(11-1)14-9-21-54(52)45-27-23-41(24-28-45)49-35-36-63-61(37-49)62-40-51(42-25-29-46(30-26-42)55-22-10-15-44-12-2-5-17-53(44)55)39-60(64(62)65-63)48-33-31-47(32-34-48)59-38-50-13-3-6-18-56(50)57-19-7-8-20-58(57)59/h1-40H. The Morgan fingerprint density at radius 2 is 0.631 bits per heavy atom. The lowest BCUT2D eigenvalue weighted by Gasteiger charge is -2.13. The predicted octanol–water partition coefficient (Wildman–Crippen LogP) is 18.2. The number of benzene rings is 12. The largest absolute Gasteiger partial charge is 0.455 e. The molecule has 1 aromatic heterocycles. The normalized spacial score (nSPS) is 11.7. The second-order valence-corrected chi connectivity index (χ2v) is 17.2. The predicted molar refractivity (Wildman–Crippen MR) is 276 cm³/mol. The summed E-state index contributed by atoms with van der Waals surface area (Å²) in [5, 5.41) is 12.3. The van der Waals surface area contributed by atoms with Gasteiger partial charge in [0, 0.05) is 16.3 Å². The molecule has 12 aromatic carbocycles. The van der Waals surface area contributed by atoms with Gasteiger partial charge in [-0.3, -0.25) is 0 Å². The van der Waals surface area contributed by atoms with Gasteiger partial charge in [0.05, 0.1) is 0 Å². The van der Waals surface area contributed by atoms with Crippen LogP contribution in [0.4, 0.5) is 0 Å². The van der Waals surface area contributed by atoms with Crippen molar-refractivity contribution >= 4 is 65.0 Å². The van der Waals surface area contributed by atoms with E-state index in [2.05, 4.69) is 243 Å². The van der Waals surface area contributed by atoms with Crippen LogP contribution in [0.1, 0.15) is 0 Å². The van der Waals surface area contributed by atoms with Crippen molar-refractivity contribution in [3.63, 3.8) is 0 Å².